The highest BCUT2D eigenvalue weighted by molar-refractivity contribution is 7.92. The van der Waals surface area contributed by atoms with Crippen molar-refractivity contribution in [3.63, 3.8) is 0 Å². The molecular formula is C35H46ClN3O6S. The maximum atomic E-state index is 14.7. The van der Waals surface area contributed by atoms with E-state index in [1.165, 1.54) is 5.56 Å². The Hall–Kier alpha value is -2.92. The monoisotopic (exact) mass is 671 g/mol. The van der Waals surface area contributed by atoms with Gasteiger partial charge in [-0.2, -0.15) is 0 Å². The molecule has 0 aromatic heterocycles. The van der Waals surface area contributed by atoms with Gasteiger partial charge >= 0.3 is 0 Å². The number of aryl methyl sites for hydroxylation is 1. The van der Waals surface area contributed by atoms with Crippen molar-refractivity contribution in [2.75, 3.05) is 31.7 Å². The molecule has 0 radical (unpaired) electrons. The number of rotatable bonds is 3. The second-order valence-corrected chi connectivity index (χ2v) is 15.6. The Labute approximate surface area is 278 Å². The molecule has 1 aliphatic carbocycles. The molecule has 46 heavy (non-hydrogen) atoms. The van der Waals surface area contributed by atoms with Crippen LogP contribution in [0.3, 0.4) is 0 Å². The summed E-state index contributed by atoms with van der Waals surface area (Å²) >= 11 is 6.35. The van der Waals surface area contributed by atoms with E-state index in [1.807, 2.05) is 30.4 Å². The molecule has 0 spiro atoms. The molecule has 2 bridgehead atoms. The summed E-state index contributed by atoms with van der Waals surface area (Å²) in [5.41, 5.74) is 1.59. The van der Waals surface area contributed by atoms with Gasteiger partial charge in [0.1, 0.15) is 18.0 Å². The first kappa shape index (κ1) is 34.4. The predicted octanol–water partition coefficient (Wildman–Crippen LogP) is 6.51. The van der Waals surface area contributed by atoms with E-state index in [2.05, 4.69) is 14.0 Å². The fraction of sp³-hybridized carbons (Fsp3) is 0.543. The van der Waals surface area contributed by atoms with E-state index in [9.17, 15) is 13.8 Å². The van der Waals surface area contributed by atoms with Crippen LogP contribution in [0, 0.1) is 17.8 Å². The number of ether oxygens (including phenoxy) is 3. The summed E-state index contributed by atoms with van der Waals surface area (Å²) in [7, 11) is -2.02. The lowest BCUT2D eigenvalue weighted by Crippen LogP contribution is -2.44. The SMILES string of the molecule is CO[C@@H]1/C=C/COC(C)(C)C(=O)N=[S@@](=O)(NC(=O)C(C)C)c2ccc3c(c2)N(CCCCc2cc(Cl)ccc2CO3)C[C@@H]2CC[C@H]21. The Morgan fingerprint density at radius 3 is 2.67 bits per heavy atom. The lowest BCUT2D eigenvalue weighted by atomic mass is 9.70. The molecule has 5 rings (SSSR count). The first-order valence-electron chi connectivity index (χ1n) is 16.2. The van der Waals surface area contributed by atoms with Gasteiger partial charge in [0.05, 0.1) is 23.3 Å². The fourth-order valence-electron chi connectivity index (χ4n) is 6.15. The van der Waals surface area contributed by atoms with E-state index in [0.717, 1.165) is 56.4 Å². The van der Waals surface area contributed by atoms with Crippen LogP contribution in [-0.4, -0.2) is 54.5 Å². The highest BCUT2D eigenvalue weighted by atomic mass is 35.5. The number of benzene rings is 2. The molecule has 2 aliphatic heterocycles. The zero-order valence-electron chi connectivity index (χ0n) is 27.4. The number of methoxy groups -OCH3 is 1. The molecule has 250 valence electrons. The van der Waals surface area contributed by atoms with Crippen LogP contribution in [0.1, 0.15) is 64.5 Å². The highest BCUT2D eigenvalue weighted by Gasteiger charge is 2.38. The Balaban J connectivity index is 1.66. The second-order valence-electron chi connectivity index (χ2n) is 13.2. The van der Waals surface area contributed by atoms with Crippen molar-refractivity contribution in [1.82, 2.24) is 4.72 Å². The number of carbonyl (C=O) groups is 2. The van der Waals surface area contributed by atoms with Crippen molar-refractivity contribution in [3.8, 4) is 5.75 Å². The van der Waals surface area contributed by atoms with Crippen molar-refractivity contribution in [2.24, 2.45) is 22.1 Å². The topological polar surface area (TPSA) is 107 Å². The van der Waals surface area contributed by atoms with E-state index in [1.54, 1.807) is 53.0 Å². The third-order valence-corrected chi connectivity index (χ3v) is 11.3. The Morgan fingerprint density at radius 2 is 1.96 bits per heavy atom. The summed E-state index contributed by atoms with van der Waals surface area (Å²) < 4.78 is 39.9. The maximum Gasteiger partial charge on any atom is 0.287 e. The van der Waals surface area contributed by atoms with Crippen molar-refractivity contribution in [2.45, 2.75) is 83.0 Å². The molecule has 2 aromatic carbocycles. The number of nitrogens with one attached hydrogen (secondary N) is 1. The Morgan fingerprint density at radius 1 is 1.15 bits per heavy atom. The molecule has 3 aliphatic rings. The van der Waals surface area contributed by atoms with Crippen LogP contribution < -0.4 is 14.4 Å². The largest absolute Gasteiger partial charge is 0.487 e. The van der Waals surface area contributed by atoms with Gasteiger partial charge in [-0.1, -0.05) is 43.7 Å². The van der Waals surface area contributed by atoms with Crippen molar-refractivity contribution < 1.29 is 28.0 Å². The Bertz CT molecular complexity index is 1600. The quantitative estimate of drug-likeness (QED) is 0.371. The Kier molecular flexibility index (Phi) is 10.8. The zero-order valence-corrected chi connectivity index (χ0v) is 29.0. The summed E-state index contributed by atoms with van der Waals surface area (Å²) in [5.74, 6) is -0.390. The summed E-state index contributed by atoms with van der Waals surface area (Å²) in [5, 5.41) is 0.701. The van der Waals surface area contributed by atoms with Crippen LogP contribution in [0.2, 0.25) is 5.02 Å². The average molecular weight is 672 g/mol. The van der Waals surface area contributed by atoms with Gasteiger partial charge in [-0.05, 0) is 99.2 Å². The average Bonchev–Trinajstić information content (AvgIpc) is 3.03. The molecule has 1 saturated carbocycles. The van der Waals surface area contributed by atoms with Crippen LogP contribution in [0.5, 0.6) is 5.75 Å². The minimum absolute atomic E-state index is 0.0889. The lowest BCUT2D eigenvalue weighted by molar-refractivity contribution is -0.137. The van der Waals surface area contributed by atoms with Crippen molar-refractivity contribution in [1.29, 1.82) is 0 Å². The number of hydrogen-bond donors (Lipinski definition) is 1. The van der Waals surface area contributed by atoms with E-state index in [0.29, 0.717) is 29.2 Å². The first-order chi connectivity index (χ1) is 21.9. The predicted molar refractivity (Wildman–Crippen MR) is 180 cm³/mol. The number of fused-ring (bicyclic) bond motifs is 3. The molecule has 2 heterocycles. The summed E-state index contributed by atoms with van der Waals surface area (Å²) in [4.78, 5) is 29.1. The van der Waals surface area contributed by atoms with Crippen LogP contribution in [0.4, 0.5) is 5.69 Å². The number of hydrogen-bond acceptors (Lipinski definition) is 7. The van der Waals surface area contributed by atoms with E-state index < -0.39 is 33.2 Å². The first-order valence-corrected chi connectivity index (χ1v) is 18.0. The fourth-order valence-corrected chi connectivity index (χ4v) is 8.10. The van der Waals surface area contributed by atoms with E-state index in [4.69, 9.17) is 25.8 Å². The molecule has 4 atom stereocenters. The molecule has 0 saturated heterocycles. The molecular weight excluding hydrogens is 626 g/mol. The van der Waals surface area contributed by atoms with E-state index in [-0.39, 0.29) is 17.6 Å². The van der Waals surface area contributed by atoms with Crippen molar-refractivity contribution in [3.05, 3.63) is 64.7 Å². The second kappa shape index (κ2) is 14.5. The molecule has 0 unspecified atom stereocenters. The lowest BCUT2D eigenvalue weighted by Gasteiger charge is -2.43. The van der Waals surface area contributed by atoms with Gasteiger partial charge in [0.25, 0.3) is 5.91 Å². The zero-order chi connectivity index (χ0) is 33.1. The van der Waals surface area contributed by atoms with Gasteiger partial charge in [0.2, 0.25) is 5.91 Å². The number of anilines is 1. The molecule has 9 nitrogen and oxygen atoms in total. The molecule has 1 fully saturated rings. The van der Waals surface area contributed by atoms with Crippen LogP contribution in [-0.2, 0) is 42.0 Å². The molecule has 2 amide bonds. The third-order valence-electron chi connectivity index (χ3n) is 9.25. The molecule has 1 N–H and O–H groups in total. The van der Waals surface area contributed by atoms with Gasteiger partial charge in [0, 0.05) is 31.1 Å². The number of nitrogens with zero attached hydrogens (tertiary/aromatic N) is 2. The van der Waals surface area contributed by atoms with Gasteiger partial charge in [-0.3, -0.25) is 14.3 Å². The van der Waals surface area contributed by atoms with Crippen LogP contribution >= 0.6 is 11.6 Å². The minimum Gasteiger partial charge on any atom is -0.487 e. The van der Waals surface area contributed by atoms with Gasteiger partial charge in [0.15, 0.2) is 9.92 Å². The number of amides is 2. The highest BCUT2D eigenvalue weighted by Crippen LogP contribution is 2.42. The third kappa shape index (κ3) is 7.78. The van der Waals surface area contributed by atoms with Gasteiger partial charge < -0.3 is 19.1 Å². The molecule has 2 aromatic rings. The summed E-state index contributed by atoms with van der Waals surface area (Å²) in [6.07, 6.45) is 8.64. The van der Waals surface area contributed by atoms with Crippen LogP contribution in [0.25, 0.3) is 0 Å². The maximum absolute atomic E-state index is 14.7. The van der Waals surface area contributed by atoms with Crippen LogP contribution in [0.15, 0.2) is 57.8 Å². The normalized spacial score (nSPS) is 27.5. The number of halogens is 1. The number of carbonyl (C=O) groups excluding carboxylic acids is 2. The van der Waals surface area contributed by atoms with E-state index >= 15 is 0 Å². The molecule has 11 heteroatoms. The summed E-state index contributed by atoms with van der Waals surface area (Å²) in [6.45, 7) is 8.56. The standard InChI is InChI=1S/C35H46ClN3O6S/c1-23(2)33(40)37-46(42)28-14-16-32-30(20-28)39(17-7-6-9-24-19-27(36)13-11-26(24)22-44-32)21-25-12-15-29(25)31(43-5)10-8-18-45-35(3,4)34(41)38-46/h8,10-11,13-14,16,19-20,23,25,29,31H,6-7,9,12,15,17-18,21-22H2,1-5H3,(H,37,38,40,41,42)/b10-8+/t25-,29+,31+,46-/m0/s1. The summed E-state index contributed by atoms with van der Waals surface area (Å²) in [6, 6.07) is 11.1. The van der Waals surface area contributed by atoms with Crippen molar-refractivity contribution >= 4 is 39.0 Å². The smallest absolute Gasteiger partial charge is 0.287 e. The van der Waals surface area contributed by atoms with Gasteiger partial charge in [-0.15, -0.1) is 4.36 Å². The van der Waals surface area contributed by atoms with Gasteiger partial charge in [-0.25, -0.2) is 4.21 Å². The minimum atomic E-state index is -3.74.